The Balaban J connectivity index is 1.84. The van der Waals surface area contributed by atoms with Crippen LogP contribution in [-0.4, -0.2) is 49.1 Å². The van der Waals surface area contributed by atoms with Crippen molar-refractivity contribution in [2.45, 2.75) is 19.9 Å². The Morgan fingerprint density at radius 1 is 1.12 bits per heavy atom. The first-order valence-corrected chi connectivity index (χ1v) is 8.93. The number of carbonyl (C=O) groups excluding carboxylic acids is 2. The molecule has 0 saturated carbocycles. The quantitative estimate of drug-likeness (QED) is 0.831. The van der Waals surface area contributed by atoms with Gasteiger partial charge in [-0.1, -0.05) is 48.5 Å². The molecule has 2 aromatic rings. The zero-order valence-corrected chi connectivity index (χ0v) is 15.2. The summed E-state index contributed by atoms with van der Waals surface area (Å²) in [5.74, 6) is -0.208. The van der Waals surface area contributed by atoms with E-state index in [9.17, 15) is 9.59 Å². The van der Waals surface area contributed by atoms with Gasteiger partial charge in [0.1, 0.15) is 13.2 Å². The Bertz CT molecular complexity index is 776. The molecule has 0 spiro atoms. The molecular formula is C21H24N2O3. The molecule has 2 amide bonds. The summed E-state index contributed by atoms with van der Waals surface area (Å²) in [6.45, 7) is 4.87. The molecule has 5 nitrogen and oxygen atoms in total. The third-order valence-corrected chi connectivity index (χ3v) is 4.62. The van der Waals surface area contributed by atoms with Crippen molar-refractivity contribution >= 4 is 17.5 Å². The molecule has 0 N–H and O–H groups in total. The lowest BCUT2D eigenvalue weighted by atomic mass is 10.0. The summed E-state index contributed by atoms with van der Waals surface area (Å²) in [4.78, 5) is 28.5. The number of para-hydroxylation sites is 1. The number of anilines is 1. The SMILES string of the molecule is CCOCC(=O)N1CC(=O)N(c2ccccc2-c2ccccc2)C[C@@H]1C. The maximum atomic E-state index is 12.8. The van der Waals surface area contributed by atoms with Crippen molar-refractivity contribution in [2.75, 3.05) is 31.2 Å². The third-order valence-electron chi connectivity index (χ3n) is 4.62. The van der Waals surface area contributed by atoms with Gasteiger partial charge in [-0.3, -0.25) is 9.59 Å². The van der Waals surface area contributed by atoms with Gasteiger partial charge in [0.15, 0.2) is 0 Å². The number of piperazine rings is 1. The zero-order valence-electron chi connectivity index (χ0n) is 15.2. The van der Waals surface area contributed by atoms with Gasteiger partial charge >= 0.3 is 0 Å². The zero-order chi connectivity index (χ0) is 18.5. The summed E-state index contributed by atoms with van der Waals surface area (Å²) in [5.41, 5.74) is 2.97. The van der Waals surface area contributed by atoms with Crippen LogP contribution in [0.3, 0.4) is 0 Å². The van der Waals surface area contributed by atoms with E-state index in [-0.39, 0.29) is 31.0 Å². The van der Waals surface area contributed by atoms with Crippen molar-refractivity contribution in [2.24, 2.45) is 0 Å². The summed E-state index contributed by atoms with van der Waals surface area (Å²) in [6, 6.07) is 17.9. The van der Waals surface area contributed by atoms with Gasteiger partial charge in [0, 0.05) is 24.8 Å². The molecule has 0 aliphatic carbocycles. The van der Waals surface area contributed by atoms with E-state index in [0.29, 0.717) is 13.2 Å². The van der Waals surface area contributed by atoms with Gasteiger partial charge in [-0.2, -0.15) is 0 Å². The summed E-state index contributed by atoms with van der Waals surface area (Å²) in [7, 11) is 0. The highest BCUT2D eigenvalue weighted by Gasteiger charge is 2.33. The van der Waals surface area contributed by atoms with Gasteiger partial charge < -0.3 is 14.5 Å². The molecule has 1 atom stereocenters. The Morgan fingerprint density at radius 3 is 2.54 bits per heavy atom. The molecule has 0 bridgehead atoms. The normalized spacial score (nSPS) is 17.5. The van der Waals surface area contributed by atoms with E-state index in [0.717, 1.165) is 16.8 Å². The molecular weight excluding hydrogens is 328 g/mol. The van der Waals surface area contributed by atoms with E-state index in [2.05, 4.69) is 0 Å². The Labute approximate surface area is 154 Å². The van der Waals surface area contributed by atoms with E-state index in [4.69, 9.17) is 4.74 Å². The Morgan fingerprint density at radius 2 is 1.81 bits per heavy atom. The minimum atomic E-state index is -0.135. The molecule has 3 rings (SSSR count). The van der Waals surface area contributed by atoms with Gasteiger partial charge in [0.05, 0.1) is 5.69 Å². The van der Waals surface area contributed by atoms with E-state index >= 15 is 0 Å². The van der Waals surface area contributed by atoms with E-state index < -0.39 is 0 Å². The largest absolute Gasteiger partial charge is 0.372 e. The van der Waals surface area contributed by atoms with Gasteiger partial charge in [-0.25, -0.2) is 0 Å². The minimum Gasteiger partial charge on any atom is -0.372 e. The number of hydrogen-bond acceptors (Lipinski definition) is 3. The fourth-order valence-corrected chi connectivity index (χ4v) is 3.26. The predicted octanol–water partition coefficient (Wildman–Crippen LogP) is 2.95. The van der Waals surface area contributed by atoms with Gasteiger partial charge in [0.2, 0.25) is 11.8 Å². The van der Waals surface area contributed by atoms with Crippen molar-refractivity contribution in [3.05, 3.63) is 54.6 Å². The van der Waals surface area contributed by atoms with Crippen molar-refractivity contribution in [3.63, 3.8) is 0 Å². The standard InChI is InChI=1S/C21H24N2O3/c1-3-26-15-21(25)22-14-20(24)23(13-16(22)2)19-12-8-7-11-18(19)17-9-5-4-6-10-17/h4-12,16H,3,13-15H2,1-2H3/t16-/m0/s1. The second-order valence-corrected chi connectivity index (χ2v) is 6.40. The third kappa shape index (κ3) is 3.78. The second kappa shape index (κ2) is 8.15. The van der Waals surface area contributed by atoms with Crippen LogP contribution in [0, 0.1) is 0 Å². The lowest BCUT2D eigenvalue weighted by Crippen LogP contribution is -2.57. The molecule has 1 aliphatic rings. The van der Waals surface area contributed by atoms with Gasteiger partial charge in [-0.05, 0) is 25.5 Å². The molecule has 5 heteroatoms. The van der Waals surface area contributed by atoms with Gasteiger partial charge in [0.25, 0.3) is 0 Å². The van der Waals surface area contributed by atoms with Crippen LogP contribution in [0.4, 0.5) is 5.69 Å². The van der Waals surface area contributed by atoms with Crippen LogP contribution >= 0.6 is 0 Å². The van der Waals surface area contributed by atoms with Crippen LogP contribution < -0.4 is 4.90 Å². The van der Waals surface area contributed by atoms with Crippen LogP contribution in [-0.2, 0) is 14.3 Å². The lowest BCUT2D eigenvalue weighted by molar-refractivity contribution is -0.143. The average Bonchev–Trinajstić information content (AvgIpc) is 2.68. The van der Waals surface area contributed by atoms with Crippen molar-refractivity contribution in [1.82, 2.24) is 4.90 Å². The molecule has 0 unspecified atom stereocenters. The van der Waals surface area contributed by atoms with Crippen molar-refractivity contribution in [3.8, 4) is 11.1 Å². The fraction of sp³-hybridized carbons (Fsp3) is 0.333. The molecule has 1 saturated heterocycles. The summed E-state index contributed by atoms with van der Waals surface area (Å²) in [5, 5.41) is 0. The van der Waals surface area contributed by atoms with E-state index in [1.807, 2.05) is 68.4 Å². The number of rotatable bonds is 5. The van der Waals surface area contributed by atoms with Crippen molar-refractivity contribution < 1.29 is 14.3 Å². The minimum absolute atomic E-state index is 0.0225. The first-order chi connectivity index (χ1) is 12.6. The van der Waals surface area contributed by atoms with Crippen LogP contribution in [0.25, 0.3) is 11.1 Å². The number of hydrogen-bond donors (Lipinski definition) is 0. The van der Waals surface area contributed by atoms with Crippen LogP contribution in [0.2, 0.25) is 0 Å². The monoisotopic (exact) mass is 352 g/mol. The summed E-state index contributed by atoms with van der Waals surface area (Å²) in [6.07, 6.45) is 0. The Kier molecular flexibility index (Phi) is 5.68. The molecule has 1 heterocycles. The van der Waals surface area contributed by atoms with E-state index in [1.165, 1.54) is 0 Å². The summed E-state index contributed by atoms with van der Waals surface area (Å²) >= 11 is 0. The van der Waals surface area contributed by atoms with Crippen LogP contribution in [0.5, 0.6) is 0 Å². The number of benzene rings is 2. The molecule has 1 fully saturated rings. The molecule has 136 valence electrons. The highest BCUT2D eigenvalue weighted by Crippen LogP contribution is 2.32. The molecule has 26 heavy (non-hydrogen) atoms. The van der Waals surface area contributed by atoms with Crippen LogP contribution in [0.15, 0.2) is 54.6 Å². The predicted molar refractivity (Wildman–Crippen MR) is 102 cm³/mol. The maximum absolute atomic E-state index is 12.8. The lowest BCUT2D eigenvalue weighted by Gasteiger charge is -2.40. The first-order valence-electron chi connectivity index (χ1n) is 8.93. The van der Waals surface area contributed by atoms with Crippen molar-refractivity contribution in [1.29, 1.82) is 0 Å². The maximum Gasteiger partial charge on any atom is 0.249 e. The highest BCUT2D eigenvalue weighted by molar-refractivity contribution is 6.01. The molecule has 1 aliphatic heterocycles. The topological polar surface area (TPSA) is 49.9 Å². The number of nitrogens with zero attached hydrogens (tertiary/aromatic N) is 2. The highest BCUT2D eigenvalue weighted by atomic mass is 16.5. The molecule has 0 aromatic heterocycles. The fourth-order valence-electron chi connectivity index (χ4n) is 3.26. The van der Waals surface area contributed by atoms with E-state index in [1.54, 1.807) is 9.80 Å². The second-order valence-electron chi connectivity index (χ2n) is 6.40. The average molecular weight is 352 g/mol. The molecule has 2 aromatic carbocycles. The Hall–Kier alpha value is -2.66. The number of amides is 2. The van der Waals surface area contributed by atoms with Crippen LogP contribution in [0.1, 0.15) is 13.8 Å². The smallest absolute Gasteiger partial charge is 0.249 e. The summed E-state index contributed by atoms with van der Waals surface area (Å²) < 4.78 is 5.20. The number of carbonyl (C=O) groups is 2. The van der Waals surface area contributed by atoms with Gasteiger partial charge in [-0.15, -0.1) is 0 Å². The number of ether oxygens (including phenoxy) is 1. The first kappa shape index (κ1) is 18.1. The molecule has 0 radical (unpaired) electrons.